The summed E-state index contributed by atoms with van der Waals surface area (Å²) >= 11 is 0. The third-order valence-electron chi connectivity index (χ3n) is 7.03. The number of nitro groups is 1. The van der Waals surface area contributed by atoms with Crippen LogP contribution in [-0.4, -0.2) is 69.9 Å². The molecule has 1 aromatic carbocycles. The number of ether oxygens (including phenoxy) is 2. The molecule has 36 heavy (non-hydrogen) atoms. The number of fused-ring (bicyclic) bond motifs is 1. The van der Waals surface area contributed by atoms with Crippen molar-refractivity contribution in [3.8, 4) is 11.5 Å². The summed E-state index contributed by atoms with van der Waals surface area (Å²) in [5.41, 5.74) is 0.937. The molecule has 0 bridgehead atoms. The van der Waals surface area contributed by atoms with E-state index in [0.717, 1.165) is 49.5 Å². The van der Waals surface area contributed by atoms with E-state index >= 15 is 0 Å². The molecule has 11 heteroatoms. The predicted molar refractivity (Wildman–Crippen MR) is 137 cm³/mol. The van der Waals surface area contributed by atoms with Gasteiger partial charge in [-0.15, -0.1) is 0 Å². The standard InChI is InChI=1S/C25H35N7O4/c1-24(2)12-18(13-25(3,4)29-24)28-22-21(32(33)34)23(27-15-26-22)31-9-7-30(8-10-31)14-17-5-6-19-20(11-17)36-16-35-19/h5-6,11,15,18,29H,7-10,12-14,16H2,1-4H3,(H,26,27,28). The van der Waals surface area contributed by atoms with Crippen LogP contribution in [0.4, 0.5) is 17.3 Å². The van der Waals surface area contributed by atoms with E-state index in [4.69, 9.17) is 9.47 Å². The zero-order valence-electron chi connectivity index (χ0n) is 21.4. The number of benzene rings is 1. The number of rotatable bonds is 6. The molecule has 4 heterocycles. The Morgan fingerprint density at radius 2 is 1.78 bits per heavy atom. The maximum atomic E-state index is 12.2. The summed E-state index contributed by atoms with van der Waals surface area (Å²) in [4.78, 5) is 24.8. The second-order valence-corrected chi connectivity index (χ2v) is 11.2. The topological polar surface area (TPSA) is 118 Å². The summed E-state index contributed by atoms with van der Waals surface area (Å²) in [5, 5.41) is 19.2. The molecule has 1 aromatic heterocycles. The molecule has 3 aliphatic rings. The molecule has 2 aromatic rings. The van der Waals surface area contributed by atoms with Crippen LogP contribution in [0.25, 0.3) is 0 Å². The van der Waals surface area contributed by atoms with Gasteiger partial charge in [-0.2, -0.15) is 0 Å². The third kappa shape index (κ3) is 5.31. The maximum absolute atomic E-state index is 12.2. The number of aromatic nitrogens is 2. The number of piperazine rings is 1. The monoisotopic (exact) mass is 497 g/mol. The summed E-state index contributed by atoms with van der Waals surface area (Å²) in [6.07, 6.45) is 3.11. The summed E-state index contributed by atoms with van der Waals surface area (Å²) in [5.74, 6) is 2.24. The summed E-state index contributed by atoms with van der Waals surface area (Å²) < 4.78 is 10.9. The van der Waals surface area contributed by atoms with Crippen molar-refractivity contribution in [2.45, 2.75) is 64.2 Å². The van der Waals surface area contributed by atoms with Gasteiger partial charge in [0.2, 0.25) is 18.4 Å². The fourth-order valence-electron chi connectivity index (χ4n) is 5.91. The van der Waals surface area contributed by atoms with Crippen LogP contribution >= 0.6 is 0 Å². The van der Waals surface area contributed by atoms with Crippen LogP contribution in [0.2, 0.25) is 0 Å². The molecule has 3 aliphatic heterocycles. The van der Waals surface area contributed by atoms with Crippen molar-refractivity contribution in [1.29, 1.82) is 0 Å². The van der Waals surface area contributed by atoms with Gasteiger partial charge < -0.3 is 25.0 Å². The highest BCUT2D eigenvalue weighted by molar-refractivity contribution is 5.70. The van der Waals surface area contributed by atoms with Crippen LogP contribution in [-0.2, 0) is 6.54 Å². The minimum Gasteiger partial charge on any atom is -0.454 e. The Morgan fingerprint density at radius 1 is 1.08 bits per heavy atom. The number of hydrogen-bond donors (Lipinski definition) is 2. The van der Waals surface area contributed by atoms with Gasteiger partial charge in [0, 0.05) is 49.8 Å². The smallest absolute Gasteiger partial charge is 0.353 e. The van der Waals surface area contributed by atoms with Gasteiger partial charge in [0.15, 0.2) is 11.5 Å². The lowest BCUT2D eigenvalue weighted by molar-refractivity contribution is -0.383. The van der Waals surface area contributed by atoms with E-state index < -0.39 is 0 Å². The predicted octanol–water partition coefficient (Wildman–Crippen LogP) is 3.16. The Morgan fingerprint density at radius 3 is 2.47 bits per heavy atom. The second kappa shape index (κ2) is 9.36. The maximum Gasteiger partial charge on any atom is 0.353 e. The quantitative estimate of drug-likeness (QED) is 0.455. The summed E-state index contributed by atoms with van der Waals surface area (Å²) in [6, 6.07) is 6.08. The van der Waals surface area contributed by atoms with Gasteiger partial charge in [-0.25, -0.2) is 9.97 Å². The second-order valence-electron chi connectivity index (χ2n) is 11.2. The molecule has 0 amide bonds. The van der Waals surface area contributed by atoms with Gasteiger partial charge in [-0.1, -0.05) is 6.07 Å². The Hall–Kier alpha value is -3.18. The highest BCUT2D eigenvalue weighted by atomic mass is 16.7. The van der Waals surface area contributed by atoms with E-state index in [0.29, 0.717) is 24.7 Å². The largest absolute Gasteiger partial charge is 0.454 e. The van der Waals surface area contributed by atoms with Crippen LogP contribution < -0.4 is 25.0 Å². The van der Waals surface area contributed by atoms with Crippen molar-refractivity contribution in [1.82, 2.24) is 20.2 Å². The fraction of sp³-hybridized carbons (Fsp3) is 0.600. The molecule has 0 aliphatic carbocycles. The number of nitrogens with zero attached hydrogens (tertiary/aromatic N) is 5. The van der Waals surface area contributed by atoms with Gasteiger partial charge in [-0.3, -0.25) is 15.0 Å². The molecule has 11 nitrogen and oxygen atoms in total. The van der Waals surface area contributed by atoms with Gasteiger partial charge >= 0.3 is 5.69 Å². The molecule has 2 N–H and O–H groups in total. The highest BCUT2D eigenvalue weighted by Crippen LogP contribution is 2.36. The normalized spacial score (nSPS) is 21.4. The van der Waals surface area contributed by atoms with Crippen molar-refractivity contribution in [3.63, 3.8) is 0 Å². The first-order valence-electron chi connectivity index (χ1n) is 12.5. The van der Waals surface area contributed by atoms with Crippen LogP contribution in [0.1, 0.15) is 46.1 Å². The van der Waals surface area contributed by atoms with E-state index in [1.165, 1.54) is 6.33 Å². The fourth-order valence-corrected chi connectivity index (χ4v) is 5.91. The number of anilines is 2. The minimum absolute atomic E-state index is 0.0455. The van der Waals surface area contributed by atoms with Gasteiger partial charge in [0.05, 0.1) is 4.92 Å². The van der Waals surface area contributed by atoms with E-state index in [-0.39, 0.29) is 34.5 Å². The molecule has 0 spiro atoms. The first-order chi connectivity index (χ1) is 17.1. The average Bonchev–Trinajstić information content (AvgIpc) is 3.25. The summed E-state index contributed by atoms with van der Waals surface area (Å²) in [7, 11) is 0. The van der Waals surface area contributed by atoms with Crippen LogP contribution in [0.5, 0.6) is 11.5 Å². The molecule has 194 valence electrons. The molecule has 0 unspecified atom stereocenters. The molecule has 5 rings (SSSR count). The molecule has 0 radical (unpaired) electrons. The Kier molecular flexibility index (Phi) is 6.37. The van der Waals surface area contributed by atoms with Crippen molar-refractivity contribution >= 4 is 17.3 Å². The van der Waals surface area contributed by atoms with Crippen molar-refractivity contribution < 1.29 is 14.4 Å². The zero-order valence-corrected chi connectivity index (χ0v) is 21.4. The molecule has 2 saturated heterocycles. The lowest BCUT2D eigenvalue weighted by Crippen LogP contribution is -2.60. The van der Waals surface area contributed by atoms with Gasteiger partial charge in [0.1, 0.15) is 6.33 Å². The molecule has 0 saturated carbocycles. The zero-order chi connectivity index (χ0) is 25.5. The van der Waals surface area contributed by atoms with E-state index in [1.807, 2.05) is 17.0 Å². The number of piperidine rings is 1. The minimum atomic E-state index is -0.353. The first-order valence-corrected chi connectivity index (χ1v) is 12.5. The Bertz CT molecular complexity index is 1120. The van der Waals surface area contributed by atoms with E-state index in [1.54, 1.807) is 0 Å². The SMILES string of the molecule is CC1(C)CC(Nc2ncnc(N3CCN(Cc4ccc5c(c4)OCO5)CC3)c2[N+](=O)[O-])CC(C)(C)N1. The molecule has 0 atom stereocenters. The van der Waals surface area contributed by atoms with Gasteiger partial charge in [-0.05, 0) is 58.2 Å². The van der Waals surface area contributed by atoms with Crippen LogP contribution in [0.15, 0.2) is 24.5 Å². The molecular formula is C25H35N7O4. The van der Waals surface area contributed by atoms with Crippen molar-refractivity contribution in [2.24, 2.45) is 0 Å². The molecule has 2 fully saturated rings. The number of hydrogen-bond acceptors (Lipinski definition) is 10. The first kappa shape index (κ1) is 24.5. The Labute approximate surface area is 211 Å². The Balaban J connectivity index is 1.27. The van der Waals surface area contributed by atoms with Crippen LogP contribution in [0.3, 0.4) is 0 Å². The van der Waals surface area contributed by atoms with Crippen LogP contribution in [0, 0.1) is 10.1 Å². The average molecular weight is 498 g/mol. The third-order valence-corrected chi connectivity index (χ3v) is 7.03. The lowest BCUT2D eigenvalue weighted by atomic mass is 9.79. The number of nitrogens with one attached hydrogen (secondary N) is 2. The van der Waals surface area contributed by atoms with Gasteiger partial charge in [0.25, 0.3) is 0 Å². The summed E-state index contributed by atoms with van der Waals surface area (Å²) in [6.45, 7) is 12.5. The lowest BCUT2D eigenvalue weighted by Gasteiger charge is -2.46. The van der Waals surface area contributed by atoms with Crippen molar-refractivity contribution in [3.05, 3.63) is 40.2 Å². The highest BCUT2D eigenvalue weighted by Gasteiger charge is 2.39. The molecular weight excluding hydrogens is 462 g/mol. The van der Waals surface area contributed by atoms with E-state index in [2.05, 4.69) is 59.3 Å². The van der Waals surface area contributed by atoms with Crippen molar-refractivity contribution in [2.75, 3.05) is 43.2 Å². The van der Waals surface area contributed by atoms with E-state index in [9.17, 15) is 10.1 Å².